The Morgan fingerprint density at radius 1 is 1.47 bits per heavy atom. The molecule has 2 rings (SSSR count). The molecule has 0 bridgehead atoms. The van der Waals surface area contributed by atoms with Gasteiger partial charge in [0.05, 0.1) is 0 Å². The Morgan fingerprint density at radius 3 is 2.82 bits per heavy atom. The third-order valence-electron chi connectivity index (χ3n) is 3.23. The van der Waals surface area contributed by atoms with E-state index in [0.29, 0.717) is 5.92 Å². The van der Waals surface area contributed by atoms with Crippen LogP contribution in [0.25, 0.3) is 0 Å². The summed E-state index contributed by atoms with van der Waals surface area (Å²) in [5.41, 5.74) is 6.22. The first-order chi connectivity index (χ1) is 8.09. The zero-order valence-corrected chi connectivity index (χ0v) is 10.7. The highest BCUT2D eigenvalue weighted by molar-refractivity contribution is 4.98. The van der Waals surface area contributed by atoms with Gasteiger partial charge in [0.25, 0.3) is 0 Å². The van der Waals surface area contributed by atoms with E-state index in [4.69, 9.17) is 10.5 Å². The minimum Gasteiger partial charge on any atom is -0.381 e. The van der Waals surface area contributed by atoms with E-state index in [1.54, 1.807) is 6.33 Å². The zero-order valence-electron chi connectivity index (χ0n) is 10.7. The van der Waals surface area contributed by atoms with Crippen LogP contribution in [-0.4, -0.2) is 33.5 Å². The largest absolute Gasteiger partial charge is 0.381 e. The van der Waals surface area contributed by atoms with E-state index in [2.05, 4.69) is 23.9 Å². The first-order valence-electron chi connectivity index (χ1n) is 6.32. The summed E-state index contributed by atoms with van der Waals surface area (Å²) in [4.78, 5) is 4.34. The average molecular weight is 238 g/mol. The molecule has 2 N–H and O–H groups in total. The van der Waals surface area contributed by atoms with E-state index in [-0.39, 0.29) is 5.54 Å². The molecule has 0 amide bonds. The quantitative estimate of drug-likeness (QED) is 0.849. The lowest BCUT2D eigenvalue weighted by atomic mass is 9.87. The smallest absolute Gasteiger partial charge is 0.138 e. The van der Waals surface area contributed by atoms with Crippen LogP contribution in [0.4, 0.5) is 0 Å². The standard InChI is InChI=1S/C12H22N4O/c1-10(2)8-16-11(14-9-15-16)7-12(13)3-5-17-6-4-12/h9-10H,3-8,13H2,1-2H3. The average Bonchev–Trinajstić information content (AvgIpc) is 2.65. The van der Waals surface area contributed by atoms with Gasteiger partial charge in [-0.15, -0.1) is 0 Å². The highest BCUT2D eigenvalue weighted by atomic mass is 16.5. The number of nitrogens with zero attached hydrogens (tertiary/aromatic N) is 3. The van der Waals surface area contributed by atoms with Crippen molar-refractivity contribution < 1.29 is 4.74 Å². The number of nitrogens with two attached hydrogens (primary N) is 1. The van der Waals surface area contributed by atoms with Crippen LogP contribution in [-0.2, 0) is 17.7 Å². The first-order valence-corrected chi connectivity index (χ1v) is 6.32. The molecule has 1 saturated heterocycles. The predicted molar refractivity (Wildman–Crippen MR) is 65.5 cm³/mol. The summed E-state index contributed by atoms with van der Waals surface area (Å²) < 4.78 is 7.34. The molecule has 2 heterocycles. The fourth-order valence-electron chi connectivity index (χ4n) is 2.19. The molecule has 1 aromatic heterocycles. The molecular formula is C12H22N4O. The van der Waals surface area contributed by atoms with Gasteiger partial charge >= 0.3 is 0 Å². The summed E-state index contributed by atoms with van der Waals surface area (Å²) in [6, 6.07) is 0. The van der Waals surface area contributed by atoms with Gasteiger partial charge in [-0.05, 0) is 18.8 Å². The minimum atomic E-state index is -0.167. The Kier molecular flexibility index (Phi) is 3.79. The van der Waals surface area contributed by atoms with E-state index in [9.17, 15) is 0 Å². The highest BCUT2D eigenvalue weighted by Gasteiger charge is 2.30. The van der Waals surface area contributed by atoms with Crippen molar-refractivity contribution in [3.05, 3.63) is 12.2 Å². The second kappa shape index (κ2) is 5.14. The van der Waals surface area contributed by atoms with Gasteiger partial charge in [-0.25, -0.2) is 9.67 Å². The number of ether oxygens (including phenoxy) is 1. The SMILES string of the molecule is CC(C)Cn1ncnc1CC1(N)CCOCC1. The van der Waals surface area contributed by atoms with Crippen LogP contribution in [0.15, 0.2) is 6.33 Å². The Morgan fingerprint density at radius 2 is 2.18 bits per heavy atom. The second-order valence-corrected chi connectivity index (χ2v) is 5.40. The fraction of sp³-hybridized carbons (Fsp3) is 0.833. The van der Waals surface area contributed by atoms with Crippen LogP contribution in [0.5, 0.6) is 0 Å². The van der Waals surface area contributed by atoms with Crippen molar-refractivity contribution in [2.45, 2.75) is 45.2 Å². The van der Waals surface area contributed by atoms with Crippen molar-refractivity contribution >= 4 is 0 Å². The van der Waals surface area contributed by atoms with Gasteiger partial charge in [-0.2, -0.15) is 5.10 Å². The van der Waals surface area contributed by atoms with Gasteiger partial charge in [0, 0.05) is 31.7 Å². The van der Waals surface area contributed by atoms with Crippen molar-refractivity contribution in [3.8, 4) is 0 Å². The number of hydrogen-bond acceptors (Lipinski definition) is 4. The first kappa shape index (κ1) is 12.5. The molecule has 1 aliphatic heterocycles. The molecular weight excluding hydrogens is 216 g/mol. The number of aromatic nitrogens is 3. The Bertz CT molecular complexity index is 355. The lowest BCUT2D eigenvalue weighted by molar-refractivity contribution is 0.0522. The van der Waals surface area contributed by atoms with E-state index in [0.717, 1.165) is 44.8 Å². The van der Waals surface area contributed by atoms with E-state index >= 15 is 0 Å². The maximum absolute atomic E-state index is 6.39. The van der Waals surface area contributed by atoms with Gasteiger partial charge in [0.1, 0.15) is 12.2 Å². The van der Waals surface area contributed by atoms with Gasteiger partial charge in [-0.1, -0.05) is 13.8 Å². The molecule has 1 fully saturated rings. The van der Waals surface area contributed by atoms with E-state index in [1.165, 1.54) is 0 Å². The highest BCUT2D eigenvalue weighted by Crippen LogP contribution is 2.21. The van der Waals surface area contributed by atoms with Crippen molar-refractivity contribution in [1.29, 1.82) is 0 Å². The van der Waals surface area contributed by atoms with Crippen LogP contribution in [0.1, 0.15) is 32.5 Å². The van der Waals surface area contributed by atoms with Gasteiger partial charge < -0.3 is 10.5 Å². The summed E-state index contributed by atoms with van der Waals surface area (Å²) in [5.74, 6) is 1.57. The normalized spacial score (nSPS) is 19.8. The number of hydrogen-bond donors (Lipinski definition) is 1. The third-order valence-corrected chi connectivity index (χ3v) is 3.23. The molecule has 0 atom stereocenters. The molecule has 0 aliphatic carbocycles. The van der Waals surface area contributed by atoms with Crippen LogP contribution in [0.3, 0.4) is 0 Å². The molecule has 1 aromatic rings. The van der Waals surface area contributed by atoms with Gasteiger partial charge in [0.2, 0.25) is 0 Å². The van der Waals surface area contributed by atoms with Crippen molar-refractivity contribution in [2.75, 3.05) is 13.2 Å². The maximum atomic E-state index is 6.39. The predicted octanol–water partition coefficient (Wildman–Crippen LogP) is 0.984. The summed E-state index contributed by atoms with van der Waals surface area (Å²) >= 11 is 0. The monoisotopic (exact) mass is 238 g/mol. The van der Waals surface area contributed by atoms with Gasteiger partial charge in [-0.3, -0.25) is 0 Å². The Balaban J connectivity index is 2.04. The molecule has 17 heavy (non-hydrogen) atoms. The van der Waals surface area contributed by atoms with Crippen molar-refractivity contribution in [2.24, 2.45) is 11.7 Å². The molecule has 0 spiro atoms. The molecule has 0 saturated carbocycles. The topological polar surface area (TPSA) is 66.0 Å². The second-order valence-electron chi connectivity index (χ2n) is 5.40. The van der Waals surface area contributed by atoms with Crippen molar-refractivity contribution in [1.82, 2.24) is 14.8 Å². The minimum absolute atomic E-state index is 0.167. The molecule has 0 aromatic carbocycles. The van der Waals surface area contributed by atoms with Crippen LogP contribution in [0, 0.1) is 5.92 Å². The molecule has 0 unspecified atom stereocenters. The molecule has 0 radical (unpaired) electrons. The van der Waals surface area contributed by atoms with Crippen LogP contribution < -0.4 is 5.73 Å². The maximum Gasteiger partial charge on any atom is 0.138 e. The molecule has 96 valence electrons. The lowest BCUT2D eigenvalue weighted by Gasteiger charge is -2.33. The van der Waals surface area contributed by atoms with Gasteiger partial charge in [0.15, 0.2) is 0 Å². The van der Waals surface area contributed by atoms with Crippen molar-refractivity contribution in [3.63, 3.8) is 0 Å². The third kappa shape index (κ3) is 3.26. The Hall–Kier alpha value is -0.940. The van der Waals surface area contributed by atoms with E-state index in [1.807, 2.05) is 4.68 Å². The fourth-order valence-corrected chi connectivity index (χ4v) is 2.19. The van der Waals surface area contributed by atoms with Crippen LogP contribution >= 0.6 is 0 Å². The zero-order chi connectivity index (χ0) is 12.3. The summed E-state index contributed by atoms with van der Waals surface area (Å²) in [5, 5.41) is 4.27. The summed E-state index contributed by atoms with van der Waals surface area (Å²) in [7, 11) is 0. The van der Waals surface area contributed by atoms with Crippen LogP contribution in [0.2, 0.25) is 0 Å². The summed E-state index contributed by atoms with van der Waals surface area (Å²) in [6.07, 6.45) is 4.23. The Labute approximate surface area is 102 Å². The summed E-state index contributed by atoms with van der Waals surface area (Å²) in [6.45, 7) is 6.78. The molecule has 1 aliphatic rings. The molecule has 5 heteroatoms. The lowest BCUT2D eigenvalue weighted by Crippen LogP contribution is -2.47. The molecule has 5 nitrogen and oxygen atoms in total. The number of rotatable bonds is 4. The van der Waals surface area contributed by atoms with E-state index < -0.39 is 0 Å².